The zero-order valence-corrected chi connectivity index (χ0v) is 15.2. The molecule has 1 aromatic heterocycles. The third kappa shape index (κ3) is 2.80. The molecule has 0 radical (unpaired) electrons. The Morgan fingerprint density at radius 3 is 2.60 bits per heavy atom. The first-order valence-electron chi connectivity index (χ1n) is 10.4. The summed E-state index contributed by atoms with van der Waals surface area (Å²) >= 11 is 0. The predicted octanol–water partition coefficient (Wildman–Crippen LogP) is 3.68. The van der Waals surface area contributed by atoms with Gasteiger partial charge in [0.1, 0.15) is 12.2 Å². The lowest BCUT2D eigenvalue weighted by molar-refractivity contribution is -0.132. The average Bonchev–Trinajstić information content (AvgIpc) is 3.18. The molecule has 0 aromatic carbocycles. The summed E-state index contributed by atoms with van der Waals surface area (Å²) in [5, 5.41) is 8.75. The van der Waals surface area contributed by atoms with Gasteiger partial charge in [-0.2, -0.15) is 0 Å². The first-order valence-corrected chi connectivity index (χ1v) is 10.4. The molecule has 136 valence electrons. The second-order valence-electron chi connectivity index (χ2n) is 9.08. The van der Waals surface area contributed by atoms with Gasteiger partial charge in [0.25, 0.3) is 0 Å². The van der Waals surface area contributed by atoms with Crippen LogP contribution in [0, 0.1) is 11.3 Å². The molecular weight excluding hydrogens is 312 g/mol. The van der Waals surface area contributed by atoms with E-state index in [0.717, 1.165) is 25.3 Å². The van der Waals surface area contributed by atoms with Crippen LogP contribution in [-0.4, -0.2) is 38.7 Å². The van der Waals surface area contributed by atoms with Gasteiger partial charge in [0.2, 0.25) is 5.91 Å². The van der Waals surface area contributed by atoms with Crippen LogP contribution >= 0.6 is 0 Å². The normalized spacial score (nSPS) is 29.1. The molecule has 1 aliphatic heterocycles. The smallest absolute Gasteiger partial charge is 0.222 e. The van der Waals surface area contributed by atoms with Crippen LogP contribution in [0.3, 0.4) is 0 Å². The van der Waals surface area contributed by atoms with E-state index in [1.165, 1.54) is 64.2 Å². The number of carbonyl (C=O) groups excluding carboxylic acids is 1. The second-order valence-corrected chi connectivity index (χ2v) is 9.08. The molecule has 25 heavy (non-hydrogen) atoms. The van der Waals surface area contributed by atoms with Gasteiger partial charge in [-0.3, -0.25) is 4.79 Å². The second kappa shape index (κ2) is 6.10. The highest BCUT2D eigenvalue weighted by Gasteiger charge is 2.54. The number of rotatable bonds is 4. The maximum atomic E-state index is 13.0. The SMILES string of the molecule is O=C(CC1CCCCC1)N1CC(c2nncn2C2CC2)C2(CCC2)C1. The first kappa shape index (κ1) is 15.8. The molecule has 1 saturated heterocycles. The maximum Gasteiger partial charge on any atom is 0.222 e. The van der Waals surface area contributed by atoms with Crippen molar-refractivity contribution in [2.24, 2.45) is 11.3 Å². The molecule has 1 spiro atoms. The average molecular weight is 342 g/mol. The summed E-state index contributed by atoms with van der Waals surface area (Å²) in [4.78, 5) is 15.2. The Hall–Kier alpha value is -1.39. The summed E-state index contributed by atoms with van der Waals surface area (Å²) < 4.78 is 2.32. The van der Waals surface area contributed by atoms with Gasteiger partial charge < -0.3 is 9.47 Å². The summed E-state index contributed by atoms with van der Waals surface area (Å²) in [6.07, 6.45) is 15.5. The first-order chi connectivity index (χ1) is 12.3. The summed E-state index contributed by atoms with van der Waals surface area (Å²) in [6, 6.07) is 0.620. The summed E-state index contributed by atoms with van der Waals surface area (Å²) in [5.74, 6) is 2.60. The Bertz CT molecular complexity index is 640. The highest BCUT2D eigenvalue weighted by Crippen LogP contribution is 2.56. The van der Waals surface area contributed by atoms with Crippen molar-refractivity contribution < 1.29 is 4.79 Å². The van der Waals surface area contributed by atoms with E-state index >= 15 is 0 Å². The number of nitrogens with zero attached hydrogens (tertiary/aromatic N) is 4. The topological polar surface area (TPSA) is 51.0 Å². The molecule has 1 unspecified atom stereocenters. The third-order valence-electron chi connectivity index (χ3n) is 7.39. The van der Waals surface area contributed by atoms with Crippen LogP contribution in [-0.2, 0) is 4.79 Å². The van der Waals surface area contributed by atoms with Gasteiger partial charge in [0, 0.05) is 31.5 Å². The zero-order chi connectivity index (χ0) is 16.9. The fourth-order valence-electron chi connectivity index (χ4n) is 5.55. The van der Waals surface area contributed by atoms with Crippen molar-refractivity contribution in [3.8, 4) is 0 Å². The largest absolute Gasteiger partial charge is 0.341 e. The fraction of sp³-hybridized carbons (Fsp3) is 0.850. The molecule has 3 saturated carbocycles. The van der Waals surface area contributed by atoms with Crippen molar-refractivity contribution >= 4 is 5.91 Å². The van der Waals surface area contributed by atoms with Crippen molar-refractivity contribution in [3.05, 3.63) is 12.2 Å². The number of hydrogen-bond donors (Lipinski definition) is 0. The van der Waals surface area contributed by atoms with E-state index in [1.54, 1.807) is 0 Å². The lowest BCUT2D eigenvalue weighted by Crippen LogP contribution is -2.38. The van der Waals surface area contributed by atoms with Gasteiger partial charge in [0.05, 0.1) is 0 Å². The van der Waals surface area contributed by atoms with Gasteiger partial charge in [-0.05, 0) is 49.9 Å². The van der Waals surface area contributed by atoms with Crippen LogP contribution in [0.4, 0.5) is 0 Å². The molecule has 0 bridgehead atoms. The minimum absolute atomic E-state index is 0.294. The standard InChI is InChI=1S/C20H30N4O/c25-18(11-15-5-2-1-3-6-15)23-12-17(20(13-23)9-4-10-20)19-22-21-14-24(19)16-7-8-16/h14-17H,1-13H2. The number of aromatic nitrogens is 3. The van der Waals surface area contributed by atoms with E-state index in [-0.39, 0.29) is 0 Å². The predicted molar refractivity (Wildman–Crippen MR) is 95.1 cm³/mol. The van der Waals surface area contributed by atoms with Crippen LogP contribution in [0.2, 0.25) is 0 Å². The summed E-state index contributed by atoms with van der Waals surface area (Å²) in [5.41, 5.74) is 0.294. The molecule has 4 aliphatic rings. The Kier molecular flexibility index (Phi) is 3.86. The molecule has 5 nitrogen and oxygen atoms in total. The number of carbonyl (C=O) groups is 1. The van der Waals surface area contributed by atoms with Gasteiger partial charge in [-0.1, -0.05) is 25.7 Å². The summed E-state index contributed by atoms with van der Waals surface area (Å²) in [6.45, 7) is 1.83. The minimum atomic E-state index is 0.294. The van der Waals surface area contributed by atoms with Crippen LogP contribution in [0.1, 0.15) is 88.4 Å². The minimum Gasteiger partial charge on any atom is -0.341 e. The zero-order valence-electron chi connectivity index (χ0n) is 15.2. The van der Waals surface area contributed by atoms with Gasteiger partial charge in [-0.15, -0.1) is 10.2 Å². The lowest BCUT2D eigenvalue weighted by atomic mass is 9.62. The van der Waals surface area contributed by atoms with E-state index < -0.39 is 0 Å². The van der Waals surface area contributed by atoms with E-state index in [2.05, 4.69) is 19.7 Å². The van der Waals surface area contributed by atoms with E-state index in [9.17, 15) is 4.79 Å². The number of likely N-dealkylation sites (tertiary alicyclic amines) is 1. The van der Waals surface area contributed by atoms with Crippen LogP contribution in [0.25, 0.3) is 0 Å². The van der Waals surface area contributed by atoms with Gasteiger partial charge >= 0.3 is 0 Å². The Morgan fingerprint density at radius 2 is 1.92 bits per heavy atom. The molecule has 2 heterocycles. The van der Waals surface area contributed by atoms with E-state index in [1.807, 2.05) is 6.33 Å². The highest BCUT2D eigenvalue weighted by atomic mass is 16.2. The quantitative estimate of drug-likeness (QED) is 0.839. The molecule has 3 aliphatic carbocycles. The Balaban J connectivity index is 1.32. The number of amides is 1. The highest BCUT2D eigenvalue weighted by molar-refractivity contribution is 5.77. The third-order valence-corrected chi connectivity index (χ3v) is 7.39. The van der Waals surface area contributed by atoms with E-state index in [4.69, 9.17) is 0 Å². The number of hydrogen-bond acceptors (Lipinski definition) is 3. The van der Waals surface area contributed by atoms with Crippen LogP contribution in [0.15, 0.2) is 6.33 Å². The molecule has 1 amide bonds. The van der Waals surface area contributed by atoms with Crippen molar-refractivity contribution in [2.75, 3.05) is 13.1 Å². The Labute approximate surface area is 150 Å². The monoisotopic (exact) mass is 342 g/mol. The molecule has 4 fully saturated rings. The van der Waals surface area contributed by atoms with Crippen LogP contribution < -0.4 is 0 Å². The molecule has 0 N–H and O–H groups in total. The summed E-state index contributed by atoms with van der Waals surface area (Å²) in [7, 11) is 0. The molecule has 5 rings (SSSR count). The van der Waals surface area contributed by atoms with Gasteiger partial charge in [-0.25, -0.2) is 0 Å². The molecule has 1 atom stereocenters. The van der Waals surface area contributed by atoms with Crippen molar-refractivity contribution in [2.45, 2.75) is 82.6 Å². The molecule has 5 heteroatoms. The van der Waals surface area contributed by atoms with Crippen molar-refractivity contribution in [1.82, 2.24) is 19.7 Å². The maximum absolute atomic E-state index is 13.0. The molecule has 1 aromatic rings. The Morgan fingerprint density at radius 1 is 1.12 bits per heavy atom. The van der Waals surface area contributed by atoms with Crippen molar-refractivity contribution in [1.29, 1.82) is 0 Å². The van der Waals surface area contributed by atoms with Gasteiger partial charge in [0.15, 0.2) is 0 Å². The van der Waals surface area contributed by atoms with E-state index in [0.29, 0.717) is 29.2 Å². The fourth-order valence-corrected chi connectivity index (χ4v) is 5.55. The molecular formula is C20H30N4O. The van der Waals surface area contributed by atoms with Crippen LogP contribution in [0.5, 0.6) is 0 Å². The van der Waals surface area contributed by atoms with Crippen molar-refractivity contribution in [3.63, 3.8) is 0 Å². The lowest BCUT2D eigenvalue weighted by Gasteiger charge is -2.42.